The van der Waals surface area contributed by atoms with E-state index >= 15 is 0 Å². The molecule has 0 amide bonds. The Hall–Kier alpha value is 0.0765. The summed E-state index contributed by atoms with van der Waals surface area (Å²) in [5.74, 6) is 0. The average molecular weight is 405 g/mol. The zero-order valence-corrected chi connectivity index (χ0v) is 15.8. The maximum absolute atomic E-state index is 4.84. The van der Waals surface area contributed by atoms with Gasteiger partial charge in [-0.3, -0.25) is 14.8 Å². The van der Waals surface area contributed by atoms with Gasteiger partial charge in [-0.1, -0.05) is 6.07 Å². The van der Waals surface area contributed by atoms with E-state index in [2.05, 4.69) is 38.6 Å². The van der Waals surface area contributed by atoms with E-state index < -0.39 is 0 Å². The molecule has 0 aromatic carbocycles. The number of rotatable bonds is 4. The van der Waals surface area contributed by atoms with Gasteiger partial charge in [-0.15, -0.1) is 0 Å². The summed E-state index contributed by atoms with van der Waals surface area (Å²) in [7, 11) is 9.47. The maximum Gasteiger partial charge on any atom is 0.0547 e. The number of nitrogens with one attached hydrogen (secondary N) is 2. The topological polar surface area (TPSA) is 43.4 Å². The van der Waals surface area contributed by atoms with E-state index in [0.29, 0.717) is 12.9 Å². The zero-order valence-electron chi connectivity index (χ0n) is 13.2. The summed E-state index contributed by atoms with van der Waals surface area (Å²) in [4.78, 5) is 9.80. The van der Waals surface area contributed by atoms with Crippen molar-refractivity contribution in [3.8, 4) is 0 Å². The minimum atomic E-state index is 0.382. The summed E-state index contributed by atoms with van der Waals surface area (Å²) in [6, 6.07) is 6.47. The fraction of sp³-hybridized carbons (Fsp3) is 0.667. The van der Waals surface area contributed by atoms with Crippen molar-refractivity contribution in [2.45, 2.75) is 13.1 Å². The minimum Gasteiger partial charge on any atom is -0.314 e. The van der Waals surface area contributed by atoms with Gasteiger partial charge in [0.25, 0.3) is 0 Å². The van der Waals surface area contributed by atoms with Gasteiger partial charge in [0.2, 0.25) is 0 Å². The minimum absolute atomic E-state index is 0.382. The standard InChI is InChI=1S/C15H25N5.2ClH.Co/c1-2-14(12-19-8-4-16-5-9-19)18-15(3-1)13-20-10-6-17-7-11-20;;;/h1-3,16-17H,4-13H2;2*1H;/q;;;+2/p-2. The molecule has 2 saturated heterocycles. The molecule has 8 heteroatoms. The second-order valence-corrected chi connectivity index (χ2v) is 7.44. The summed E-state index contributed by atoms with van der Waals surface area (Å²) in [6.07, 6.45) is 0. The van der Waals surface area contributed by atoms with Gasteiger partial charge >= 0.3 is 33.2 Å². The van der Waals surface area contributed by atoms with E-state index in [-0.39, 0.29) is 0 Å². The van der Waals surface area contributed by atoms with Crippen LogP contribution < -0.4 is 10.6 Å². The molecular weight excluding hydrogens is 380 g/mol. The van der Waals surface area contributed by atoms with Gasteiger partial charge in [0.1, 0.15) is 0 Å². The number of pyridine rings is 1. The molecule has 2 aliphatic heterocycles. The quantitative estimate of drug-likeness (QED) is 0.790. The molecule has 133 valence electrons. The van der Waals surface area contributed by atoms with E-state index in [0.717, 1.165) is 65.4 Å². The van der Waals surface area contributed by atoms with Crippen molar-refractivity contribution in [2.24, 2.45) is 0 Å². The molecule has 5 nitrogen and oxygen atoms in total. The van der Waals surface area contributed by atoms with Crippen LogP contribution in [-0.2, 0) is 26.0 Å². The van der Waals surface area contributed by atoms with Crippen LogP contribution in [0.2, 0.25) is 0 Å². The smallest absolute Gasteiger partial charge is 0.0547 e. The van der Waals surface area contributed by atoms with Gasteiger partial charge in [0, 0.05) is 65.4 Å². The molecule has 0 spiro atoms. The monoisotopic (exact) mass is 404 g/mol. The summed E-state index contributed by atoms with van der Waals surface area (Å²) < 4.78 is 0. The SMILES string of the molecule is [Cl][Co][Cl].c1cc(CN2CCNCC2)nc(CN2CCNCC2)c1. The van der Waals surface area contributed by atoms with Crippen LogP contribution >= 0.6 is 20.3 Å². The first kappa shape index (κ1) is 19.4. The third-order valence-corrected chi connectivity index (χ3v) is 4.05. The van der Waals surface area contributed by atoms with Crippen molar-refractivity contribution < 1.29 is 12.9 Å². The Morgan fingerprint density at radius 2 is 1.26 bits per heavy atom. The fourth-order valence-corrected chi connectivity index (χ4v) is 2.90. The second kappa shape index (κ2) is 11.6. The van der Waals surface area contributed by atoms with E-state index in [9.17, 15) is 0 Å². The van der Waals surface area contributed by atoms with Crippen LogP contribution in [-0.4, -0.2) is 67.1 Å². The van der Waals surface area contributed by atoms with Crippen LogP contribution in [0.5, 0.6) is 0 Å². The predicted octanol–water partition coefficient (Wildman–Crippen LogP) is 1.27. The maximum atomic E-state index is 4.84. The summed E-state index contributed by atoms with van der Waals surface area (Å²) in [5, 5.41) is 6.78. The fourth-order valence-electron chi connectivity index (χ4n) is 2.90. The molecule has 3 heterocycles. The van der Waals surface area contributed by atoms with Gasteiger partial charge in [0.15, 0.2) is 0 Å². The zero-order chi connectivity index (χ0) is 16.3. The molecule has 0 unspecified atom stereocenters. The Labute approximate surface area is 153 Å². The first-order valence-electron chi connectivity index (χ1n) is 7.96. The molecule has 2 N–H and O–H groups in total. The Morgan fingerprint density at radius 3 is 1.65 bits per heavy atom. The van der Waals surface area contributed by atoms with Gasteiger partial charge in [0.05, 0.1) is 11.4 Å². The first-order chi connectivity index (χ1) is 11.3. The Kier molecular flexibility index (Phi) is 9.78. The second-order valence-electron chi connectivity index (χ2n) is 5.72. The number of piperazine rings is 2. The third-order valence-electron chi connectivity index (χ3n) is 4.05. The summed E-state index contributed by atoms with van der Waals surface area (Å²) >= 11 is 0.382. The predicted molar refractivity (Wildman–Crippen MR) is 92.2 cm³/mol. The Morgan fingerprint density at radius 1 is 0.870 bits per heavy atom. The van der Waals surface area contributed by atoms with Crippen LogP contribution in [0.25, 0.3) is 0 Å². The van der Waals surface area contributed by atoms with Crippen molar-refractivity contribution in [2.75, 3.05) is 52.4 Å². The molecule has 0 radical (unpaired) electrons. The van der Waals surface area contributed by atoms with Crippen LogP contribution in [0.4, 0.5) is 0 Å². The van der Waals surface area contributed by atoms with Crippen molar-refractivity contribution >= 4 is 20.3 Å². The molecule has 23 heavy (non-hydrogen) atoms. The van der Waals surface area contributed by atoms with Gasteiger partial charge in [-0.05, 0) is 12.1 Å². The Balaban J connectivity index is 0.000000595. The molecule has 0 atom stereocenters. The van der Waals surface area contributed by atoms with Crippen molar-refractivity contribution in [1.29, 1.82) is 0 Å². The van der Waals surface area contributed by atoms with Crippen LogP contribution in [0.1, 0.15) is 11.4 Å². The van der Waals surface area contributed by atoms with Crippen LogP contribution in [0.15, 0.2) is 18.2 Å². The molecule has 0 aliphatic carbocycles. The number of nitrogens with zero attached hydrogens (tertiary/aromatic N) is 3. The van der Waals surface area contributed by atoms with Crippen LogP contribution in [0, 0.1) is 0 Å². The molecule has 1 aromatic heterocycles. The molecule has 2 fully saturated rings. The molecule has 3 rings (SSSR count). The van der Waals surface area contributed by atoms with E-state index in [1.807, 2.05) is 0 Å². The normalized spacial score (nSPS) is 20.1. The van der Waals surface area contributed by atoms with Crippen molar-refractivity contribution in [3.63, 3.8) is 0 Å². The Bertz CT molecular complexity index is 404. The van der Waals surface area contributed by atoms with Gasteiger partial charge < -0.3 is 10.6 Å². The van der Waals surface area contributed by atoms with E-state index in [4.69, 9.17) is 25.3 Å². The largest absolute Gasteiger partial charge is 0.314 e. The molecule has 2 aliphatic rings. The molecular formula is C15H25Cl2CoN5. The summed E-state index contributed by atoms with van der Waals surface area (Å²) in [6.45, 7) is 10.9. The molecule has 0 bridgehead atoms. The number of aromatic nitrogens is 1. The number of hydrogen-bond acceptors (Lipinski definition) is 5. The molecule has 0 saturated carbocycles. The van der Waals surface area contributed by atoms with Gasteiger partial charge in [-0.2, -0.15) is 0 Å². The molecule has 1 aromatic rings. The summed E-state index contributed by atoms with van der Waals surface area (Å²) in [5.41, 5.74) is 2.42. The van der Waals surface area contributed by atoms with Crippen LogP contribution in [0.3, 0.4) is 0 Å². The third kappa shape index (κ3) is 7.66. The average Bonchev–Trinajstić information content (AvgIpc) is 2.58. The van der Waals surface area contributed by atoms with Gasteiger partial charge in [-0.25, -0.2) is 0 Å². The first-order valence-corrected chi connectivity index (χ1v) is 10.8. The van der Waals surface area contributed by atoms with Crippen molar-refractivity contribution in [1.82, 2.24) is 25.4 Å². The van der Waals surface area contributed by atoms with Crippen molar-refractivity contribution in [3.05, 3.63) is 29.6 Å². The number of halogens is 2. The van der Waals surface area contributed by atoms with E-state index in [1.165, 1.54) is 11.4 Å². The van der Waals surface area contributed by atoms with E-state index in [1.54, 1.807) is 0 Å². The number of hydrogen-bond donors (Lipinski definition) is 2.